The fourth-order valence-electron chi connectivity index (χ4n) is 2.83. The molecule has 0 aliphatic heterocycles. The van der Waals surface area contributed by atoms with E-state index in [0.29, 0.717) is 24.0 Å². The molecule has 4 heteroatoms. The molecule has 1 fully saturated rings. The predicted octanol–water partition coefficient (Wildman–Crippen LogP) is 4.85. The van der Waals surface area contributed by atoms with Crippen LogP contribution in [-0.4, -0.2) is 23.4 Å². The Labute approximate surface area is 124 Å². The van der Waals surface area contributed by atoms with Crippen LogP contribution in [-0.2, 0) is 6.54 Å². The second-order valence-electron chi connectivity index (χ2n) is 5.16. The average molecular weight is 304 g/mol. The first kappa shape index (κ1) is 15.1. The van der Waals surface area contributed by atoms with Crippen LogP contribution in [0.4, 0.5) is 4.39 Å². The van der Waals surface area contributed by atoms with Crippen molar-refractivity contribution in [1.29, 1.82) is 0 Å². The van der Waals surface area contributed by atoms with Gasteiger partial charge in [0.2, 0.25) is 0 Å². The lowest BCUT2D eigenvalue weighted by Crippen LogP contribution is -2.37. The fourth-order valence-corrected chi connectivity index (χ4v) is 3.25. The van der Waals surface area contributed by atoms with Crippen LogP contribution in [0.25, 0.3) is 0 Å². The molecule has 0 saturated heterocycles. The van der Waals surface area contributed by atoms with E-state index in [-0.39, 0.29) is 10.8 Å². The molecule has 0 radical (unpaired) electrons. The molecule has 1 saturated carbocycles. The summed E-state index contributed by atoms with van der Waals surface area (Å²) < 4.78 is 14.0. The van der Waals surface area contributed by atoms with Crippen LogP contribution in [0.3, 0.4) is 0 Å². The highest BCUT2D eigenvalue weighted by Crippen LogP contribution is 2.26. The summed E-state index contributed by atoms with van der Waals surface area (Å²) in [6.45, 7) is 1.40. The van der Waals surface area contributed by atoms with E-state index in [1.807, 2.05) is 6.07 Å². The van der Waals surface area contributed by atoms with E-state index in [9.17, 15) is 4.39 Å². The van der Waals surface area contributed by atoms with Gasteiger partial charge in [-0.15, -0.1) is 11.6 Å². The molecular weight excluding hydrogens is 284 g/mol. The Morgan fingerprint density at radius 1 is 1.21 bits per heavy atom. The molecule has 106 valence electrons. The number of halogens is 3. The van der Waals surface area contributed by atoms with Crippen molar-refractivity contribution in [2.24, 2.45) is 0 Å². The van der Waals surface area contributed by atoms with Crippen molar-refractivity contribution in [3.05, 3.63) is 34.6 Å². The maximum Gasteiger partial charge on any atom is 0.146 e. The number of hydrogen-bond acceptors (Lipinski definition) is 1. The van der Waals surface area contributed by atoms with E-state index in [2.05, 4.69) is 4.90 Å². The lowest BCUT2D eigenvalue weighted by molar-refractivity contribution is 0.155. The number of alkyl halides is 1. The minimum atomic E-state index is -0.292. The van der Waals surface area contributed by atoms with Crippen molar-refractivity contribution in [2.45, 2.75) is 44.7 Å². The van der Waals surface area contributed by atoms with Gasteiger partial charge < -0.3 is 0 Å². The third kappa shape index (κ3) is 4.08. The first-order valence-electron chi connectivity index (χ1n) is 6.95. The molecular formula is C15H20Cl2FN. The minimum absolute atomic E-state index is 0.201. The Hall–Kier alpha value is -0.310. The lowest BCUT2D eigenvalue weighted by Gasteiger charge is -2.34. The molecule has 0 atom stereocenters. The van der Waals surface area contributed by atoms with Gasteiger partial charge in [0, 0.05) is 30.6 Å². The second kappa shape index (κ2) is 7.47. The van der Waals surface area contributed by atoms with Gasteiger partial charge in [0.25, 0.3) is 0 Å². The standard InChI is InChI=1S/C15H20Cl2FN/c16-9-10-19(13-6-2-1-3-7-13)11-12-5-4-8-14(17)15(12)18/h4-5,8,13H,1-3,6-7,9-11H2. The molecule has 0 amide bonds. The molecule has 1 nitrogen and oxygen atoms in total. The van der Waals surface area contributed by atoms with E-state index in [4.69, 9.17) is 23.2 Å². The Morgan fingerprint density at radius 3 is 2.63 bits per heavy atom. The average Bonchev–Trinajstić information content (AvgIpc) is 2.44. The maximum absolute atomic E-state index is 14.0. The second-order valence-corrected chi connectivity index (χ2v) is 5.95. The quantitative estimate of drug-likeness (QED) is 0.703. The zero-order chi connectivity index (χ0) is 13.7. The molecule has 0 aromatic heterocycles. The molecule has 0 spiro atoms. The van der Waals surface area contributed by atoms with Gasteiger partial charge in [-0.2, -0.15) is 0 Å². The first-order chi connectivity index (χ1) is 9.22. The summed E-state index contributed by atoms with van der Waals surface area (Å²) in [5.74, 6) is 0.290. The predicted molar refractivity (Wildman–Crippen MR) is 79.4 cm³/mol. The summed E-state index contributed by atoms with van der Waals surface area (Å²) in [4.78, 5) is 2.31. The van der Waals surface area contributed by atoms with E-state index in [0.717, 1.165) is 6.54 Å². The van der Waals surface area contributed by atoms with Crippen molar-refractivity contribution in [2.75, 3.05) is 12.4 Å². The number of nitrogens with zero attached hydrogens (tertiary/aromatic N) is 1. The van der Waals surface area contributed by atoms with E-state index in [1.54, 1.807) is 12.1 Å². The van der Waals surface area contributed by atoms with Crippen molar-refractivity contribution in [1.82, 2.24) is 4.90 Å². The summed E-state index contributed by atoms with van der Waals surface area (Å²) in [7, 11) is 0. The van der Waals surface area contributed by atoms with Gasteiger partial charge in [-0.25, -0.2) is 4.39 Å². The Morgan fingerprint density at radius 2 is 1.95 bits per heavy atom. The van der Waals surface area contributed by atoms with Gasteiger partial charge in [-0.3, -0.25) is 4.90 Å². The van der Waals surface area contributed by atoms with E-state index >= 15 is 0 Å². The largest absolute Gasteiger partial charge is 0.295 e. The maximum atomic E-state index is 14.0. The molecule has 0 heterocycles. The molecule has 1 aromatic carbocycles. The van der Waals surface area contributed by atoms with Crippen molar-refractivity contribution in [3.63, 3.8) is 0 Å². The summed E-state index contributed by atoms with van der Waals surface area (Å²) in [6.07, 6.45) is 6.23. The molecule has 1 aliphatic carbocycles. The van der Waals surface area contributed by atoms with Crippen LogP contribution < -0.4 is 0 Å². The SMILES string of the molecule is Fc1c(Cl)cccc1CN(CCCl)C1CCCCC1. The van der Waals surface area contributed by atoms with Crippen LogP contribution in [0.1, 0.15) is 37.7 Å². The van der Waals surface area contributed by atoms with Crippen LogP contribution in [0, 0.1) is 5.82 Å². The molecule has 1 aromatic rings. The molecule has 0 bridgehead atoms. The first-order valence-corrected chi connectivity index (χ1v) is 7.86. The number of hydrogen-bond donors (Lipinski definition) is 0. The summed E-state index contributed by atoms with van der Waals surface area (Å²) in [6, 6.07) is 5.74. The molecule has 19 heavy (non-hydrogen) atoms. The molecule has 0 N–H and O–H groups in total. The summed E-state index contributed by atoms with van der Waals surface area (Å²) in [5, 5.41) is 0.201. The third-order valence-electron chi connectivity index (χ3n) is 3.87. The van der Waals surface area contributed by atoms with Crippen molar-refractivity contribution >= 4 is 23.2 Å². The fraction of sp³-hybridized carbons (Fsp3) is 0.600. The molecule has 1 aliphatic rings. The van der Waals surface area contributed by atoms with Crippen LogP contribution >= 0.6 is 23.2 Å². The monoisotopic (exact) mass is 303 g/mol. The highest BCUT2D eigenvalue weighted by molar-refractivity contribution is 6.30. The molecule has 2 rings (SSSR count). The van der Waals surface area contributed by atoms with Gasteiger partial charge in [0.15, 0.2) is 0 Å². The third-order valence-corrected chi connectivity index (χ3v) is 4.33. The van der Waals surface area contributed by atoms with Gasteiger partial charge in [-0.1, -0.05) is 43.0 Å². The zero-order valence-electron chi connectivity index (χ0n) is 11.0. The van der Waals surface area contributed by atoms with Crippen molar-refractivity contribution in [3.8, 4) is 0 Å². The van der Waals surface area contributed by atoms with Gasteiger partial charge in [-0.05, 0) is 18.9 Å². The van der Waals surface area contributed by atoms with E-state index in [1.165, 1.54) is 32.1 Å². The van der Waals surface area contributed by atoms with Gasteiger partial charge >= 0.3 is 0 Å². The Balaban J connectivity index is 2.08. The smallest absolute Gasteiger partial charge is 0.146 e. The Kier molecular flexibility index (Phi) is 5.93. The highest BCUT2D eigenvalue weighted by atomic mass is 35.5. The summed E-state index contributed by atoms with van der Waals surface area (Å²) in [5.41, 5.74) is 0.670. The highest BCUT2D eigenvalue weighted by Gasteiger charge is 2.22. The Bertz CT molecular complexity index is 405. The van der Waals surface area contributed by atoms with Gasteiger partial charge in [0.1, 0.15) is 5.82 Å². The van der Waals surface area contributed by atoms with Gasteiger partial charge in [0.05, 0.1) is 5.02 Å². The van der Waals surface area contributed by atoms with Crippen molar-refractivity contribution < 1.29 is 4.39 Å². The lowest BCUT2D eigenvalue weighted by atomic mass is 9.94. The van der Waals surface area contributed by atoms with Crippen LogP contribution in [0.15, 0.2) is 18.2 Å². The molecule has 0 unspecified atom stereocenters. The number of rotatable bonds is 5. The normalized spacial score (nSPS) is 17.1. The minimum Gasteiger partial charge on any atom is -0.295 e. The summed E-state index contributed by atoms with van der Waals surface area (Å²) >= 11 is 11.7. The zero-order valence-corrected chi connectivity index (χ0v) is 12.6. The van der Waals surface area contributed by atoms with Crippen LogP contribution in [0.5, 0.6) is 0 Å². The topological polar surface area (TPSA) is 3.24 Å². The van der Waals surface area contributed by atoms with E-state index < -0.39 is 0 Å². The number of benzene rings is 1. The van der Waals surface area contributed by atoms with Crippen LogP contribution in [0.2, 0.25) is 5.02 Å².